The van der Waals surface area contributed by atoms with Crippen LogP contribution < -0.4 is 5.32 Å². The quantitative estimate of drug-likeness (QED) is 0.559. The van der Waals surface area contributed by atoms with Crippen molar-refractivity contribution in [1.29, 1.82) is 0 Å². The van der Waals surface area contributed by atoms with Crippen molar-refractivity contribution < 1.29 is 13.2 Å². The van der Waals surface area contributed by atoms with Gasteiger partial charge in [0.25, 0.3) is 0 Å². The maximum absolute atomic E-state index is 13.1. The highest BCUT2D eigenvalue weighted by molar-refractivity contribution is 7.89. The third-order valence-corrected chi connectivity index (χ3v) is 8.26. The van der Waals surface area contributed by atoms with Gasteiger partial charge in [0.1, 0.15) is 11.9 Å². The molecular weight excluding hydrogens is 450 g/mol. The van der Waals surface area contributed by atoms with E-state index < -0.39 is 10.0 Å². The Hall–Kier alpha value is -3.01. The first-order valence-corrected chi connectivity index (χ1v) is 12.8. The van der Waals surface area contributed by atoms with Crippen LogP contribution in [0.4, 0.5) is 0 Å². The highest BCUT2D eigenvalue weighted by Gasteiger charge is 2.30. The zero-order chi connectivity index (χ0) is 24.3. The Kier molecular flexibility index (Phi) is 7.16. The molecule has 34 heavy (non-hydrogen) atoms. The summed E-state index contributed by atoms with van der Waals surface area (Å²) in [5.41, 5.74) is 2.74. The van der Waals surface area contributed by atoms with E-state index in [9.17, 15) is 13.2 Å². The van der Waals surface area contributed by atoms with E-state index in [2.05, 4.69) is 10.3 Å². The summed E-state index contributed by atoms with van der Waals surface area (Å²) in [6.07, 6.45) is 3.57. The van der Waals surface area contributed by atoms with Gasteiger partial charge in [-0.2, -0.15) is 4.31 Å². The molecule has 180 valence electrons. The average Bonchev–Trinajstić information content (AvgIpc) is 3.23. The van der Waals surface area contributed by atoms with Gasteiger partial charge in [0.2, 0.25) is 15.9 Å². The highest BCUT2D eigenvalue weighted by atomic mass is 32.2. The third kappa shape index (κ3) is 5.22. The summed E-state index contributed by atoms with van der Waals surface area (Å²) >= 11 is 0. The van der Waals surface area contributed by atoms with Gasteiger partial charge in [-0.25, -0.2) is 13.4 Å². The molecule has 0 saturated carbocycles. The van der Waals surface area contributed by atoms with Crippen molar-refractivity contribution >= 4 is 15.9 Å². The molecular formula is C25H31N5O3S. The van der Waals surface area contributed by atoms with Gasteiger partial charge in [0, 0.05) is 45.6 Å². The van der Waals surface area contributed by atoms with Crippen molar-refractivity contribution in [3.05, 3.63) is 83.4 Å². The van der Waals surface area contributed by atoms with Crippen LogP contribution in [0.3, 0.4) is 0 Å². The minimum absolute atomic E-state index is 0.123. The molecule has 1 aromatic heterocycles. The molecule has 1 N–H and O–H groups in total. The molecule has 2 aromatic carbocycles. The molecule has 4 rings (SSSR count). The Morgan fingerprint density at radius 3 is 2.38 bits per heavy atom. The molecule has 1 aliphatic rings. The summed E-state index contributed by atoms with van der Waals surface area (Å²) in [7, 11) is -1.65. The Morgan fingerprint density at radius 1 is 1.06 bits per heavy atom. The number of nitrogens with zero attached hydrogens (tertiary/aromatic N) is 4. The summed E-state index contributed by atoms with van der Waals surface area (Å²) in [6.45, 7) is 5.67. The lowest BCUT2D eigenvalue weighted by atomic mass is 10.1. The maximum Gasteiger partial charge on any atom is 0.243 e. The average molecular weight is 482 g/mol. The second-order valence-electron chi connectivity index (χ2n) is 8.76. The fourth-order valence-electron chi connectivity index (χ4n) is 4.36. The number of piperazine rings is 1. The third-order valence-electron chi connectivity index (χ3n) is 6.20. The van der Waals surface area contributed by atoms with Crippen LogP contribution in [0.25, 0.3) is 0 Å². The molecule has 1 unspecified atom stereocenters. The van der Waals surface area contributed by atoms with Gasteiger partial charge in [0.05, 0.1) is 11.4 Å². The van der Waals surface area contributed by atoms with Crippen molar-refractivity contribution in [3.63, 3.8) is 0 Å². The van der Waals surface area contributed by atoms with E-state index >= 15 is 0 Å². The molecule has 1 aliphatic heterocycles. The van der Waals surface area contributed by atoms with Crippen LogP contribution in [0.2, 0.25) is 0 Å². The summed E-state index contributed by atoms with van der Waals surface area (Å²) < 4.78 is 29.7. The first kappa shape index (κ1) is 24.1. The number of carbonyl (C=O) groups excluding carboxylic acids is 1. The summed E-state index contributed by atoms with van der Waals surface area (Å²) in [5.74, 6) is 0.631. The van der Waals surface area contributed by atoms with Crippen molar-refractivity contribution in [2.45, 2.75) is 24.8 Å². The summed E-state index contributed by atoms with van der Waals surface area (Å²) in [4.78, 5) is 19.7. The van der Waals surface area contributed by atoms with Crippen molar-refractivity contribution in [1.82, 2.24) is 24.1 Å². The molecule has 1 saturated heterocycles. The largest absolute Gasteiger partial charge is 0.341 e. The number of aryl methyl sites for hydroxylation is 3. The van der Waals surface area contributed by atoms with Gasteiger partial charge in [0.15, 0.2) is 0 Å². The Labute approximate surface area is 201 Å². The fraction of sp³-hybridized carbons (Fsp3) is 0.360. The first-order valence-electron chi connectivity index (χ1n) is 11.4. The smallest absolute Gasteiger partial charge is 0.243 e. The van der Waals surface area contributed by atoms with Gasteiger partial charge in [-0.15, -0.1) is 0 Å². The van der Waals surface area contributed by atoms with E-state index in [1.54, 1.807) is 12.3 Å². The Morgan fingerprint density at radius 2 is 1.76 bits per heavy atom. The number of carbonyl (C=O) groups is 1. The van der Waals surface area contributed by atoms with Crippen LogP contribution >= 0.6 is 0 Å². The summed E-state index contributed by atoms with van der Waals surface area (Å²) in [5, 5.41) is 3.11. The van der Waals surface area contributed by atoms with Crippen LogP contribution in [0.1, 0.15) is 28.6 Å². The van der Waals surface area contributed by atoms with E-state index in [0.717, 1.165) is 22.5 Å². The number of amides is 1. The zero-order valence-corrected chi connectivity index (χ0v) is 20.6. The maximum atomic E-state index is 13.1. The molecule has 1 amide bonds. The van der Waals surface area contributed by atoms with Crippen molar-refractivity contribution in [3.8, 4) is 0 Å². The Bertz CT molecular complexity index is 1250. The van der Waals surface area contributed by atoms with Crippen LogP contribution in [0.15, 0.2) is 65.8 Å². The highest BCUT2D eigenvalue weighted by Crippen LogP contribution is 2.23. The molecule has 0 radical (unpaired) electrons. The fourth-order valence-corrected chi connectivity index (χ4v) is 5.99. The monoisotopic (exact) mass is 481 g/mol. The number of rotatable bonds is 7. The lowest BCUT2D eigenvalue weighted by Crippen LogP contribution is -2.51. The SMILES string of the molecule is Cc1ccc(S(=O)(=O)N2CCN(CC(=O)NC(c3ccccc3)c3nccn3C)CC2)c(C)c1. The molecule has 9 heteroatoms. The standard InChI is InChI=1S/C25H31N5O3S/c1-19-9-10-22(20(2)17-19)34(32,33)30-15-13-29(14-16-30)18-23(31)27-24(21-7-5-4-6-8-21)25-26-11-12-28(25)3/h4-12,17,24H,13-16,18H2,1-3H3,(H,27,31). The number of imidazole rings is 1. The van der Waals surface area contributed by atoms with E-state index in [0.29, 0.717) is 31.1 Å². The van der Waals surface area contributed by atoms with E-state index in [4.69, 9.17) is 0 Å². The minimum atomic E-state index is -3.56. The van der Waals surface area contributed by atoms with Gasteiger partial charge in [-0.3, -0.25) is 9.69 Å². The van der Waals surface area contributed by atoms with Gasteiger partial charge in [-0.05, 0) is 31.0 Å². The number of hydrogen-bond acceptors (Lipinski definition) is 5. The molecule has 8 nitrogen and oxygen atoms in total. The molecule has 1 atom stereocenters. The lowest BCUT2D eigenvalue weighted by molar-refractivity contribution is -0.123. The number of hydrogen-bond donors (Lipinski definition) is 1. The second kappa shape index (κ2) is 10.1. The van der Waals surface area contributed by atoms with E-state index in [1.165, 1.54) is 4.31 Å². The zero-order valence-electron chi connectivity index (χ0n) is 19.8. The predicted molar refractivity (Wildman–Crippen MR) is 131 cm³/mol. The first-order chi connectivity index (χ1) is 16.3. The normalized spacial score (nSPS) is 16.3. The van der Waals surface area contributed by atoms with Crippen LogP contribution in [-0.2, 0) is 21.9 Å². The van der Waals surface area contributed by atoms with Gasteiger partial charge in [-0.1, -0.05) is 48.0 Å². The lowest BCUT2D eigenvalue weighted by Gasteiger charge is -2.34. The van der Waals surface area contributed by atoms with Crippen molar-refractivity contribution in [2.24, 2.45) is 7.05 Å². The number of benzene rings is 2. The molecule has 0 bridgehead atoms. The van der Waals surface area contributed by atoms with E-state index in [-0.39, 0.29) is 18.5 Å². The Balaban J connectivity index is 1.39. The molecule has 0 spiro atoms. The van der Waals surface area contributed by atoms with Gasteiger partial charge < -0.3 is 9.88 Å². The number of nitrogens with one attached hydrogen (secondary N) is 1. The van der Waals surface area contributed by atoms with E-state index in [1.807, 2.05) is 79.0 Å². The number of sulfonamides is 1. The topological polar surface area (TPSA) is 87.5 Å². The molecule has 0 aliphatic carbocycles. The predicted octanol–water partition coefficient (Wildman–Crippen LogP) is 2.25. The van der Waals surface area contributed by atoms with Crippen LogP contribution in [0.5, 0.6) is 0 Å². The van der Waals surface area contributed by atoms with Crippen molar-refractivity contribution in [2.75, 3.05) is 32.7 Å². The van der Waals surface area contributed by atoms with Crippen LogP contribution in [0, 0.1) is 13.8 Å². The molecule has 3 aromatic rings. The molecule has 2 heterocycles. The molecule has 1 fully saturated rings. The second-order valence-corrected chi connectivity index (χ2v) is 10.7. The minimum Gasteiger partial charge on any atom is -0.341 e. The number of aromatic nitrogens is 2. The summed E-state index contributed by atoms with van der Waals surface area (Å²) in [6, 6.07) is 14.8. The van der Waals surface area contributed by atoms with Gasteiger partial charge >= 0.3 is 0 Å². The van der Waals surface area contributed by atoms with Crippen LogP contribution in [-0.4, -0.2) is 65.8 Å².